The molecule has 0 fully saturated rings. The summed E-state index contributed by atoms with van der Waals surface area (Å²) < 4.78 is 0. The highest BCUT2D eigenvalue weighted by atomic mass is 14.4. The average Bonchev–Trinajstić information content (AvgIpc) is 3.99. The molecule has 0 spiro atoms. The highest BCUT2D eigenvalue weighted by Gasteiger charge is 2.38. The third-order valence-corrected chi connectivity index (χ3v) is 17.3. The molecule has 0 N–H and O–H groups in total. The second-order valence-corrected chi connectivity index (χ2v) is 22.0. The molecule has 0 radical (unpaired) electrons. The summed E-state index contributed by atoms with van der Waals surface area (Å²) in [6.07, 6.45) is 0. The van der Waals surface area contributed by atoms with Gasteiger partial charge in [0.25, 0.3) is 0 Å². The predicted octanol–water partition coefficient (Wildman–Crippen LogP) is 20.3. The van der Waals surface area contributed by atoms with Gasteiger partial charge in [0.2, 0.25) is 0 Å². The van der Waals surface area contributed by atoms with E-state index in [0.717, 1.165) is 0 Å². The molecule has 0 heteroatoms. The SMILES string of the molecule is CC1(C)c2cc(-c3ccc(-c4ccc(-c5ccc6c7c(cccc57)-c5ccccc5-6)cc4)cc3)ccc2-c2ccc(-c3ccc4c(c3)C(C)(C)c3cc(-c5ccc(-c6cccc7ccccc67)cc5)ccc3-4)cc21. The number of hydrogen-bond acceptors (Lipinski definition) is 0. The van der Waals surface area contributed by atoms with Gasteiger partial charge in [0.1, 0.15) is 0 Å². The van der Waals surface area contributed by atoms with E-state index in [-0.39, 0.29) is 10.8 Å². The van der Waals surface area contributed by atoms with Crippen molar-refractivity contribution in [2.45, 2.75) is 38.5 Å². The van der Waals surface area contributed by atoms with Crippen LogP contribution >= 0.6 is 0 Å². The largest absolute Gasteiger partial charge is 0.0616 e. The zero-order valence-electron chi connectivity index (χ0n) is 42.1. The minimum absolute atomic E-state index is 0.141. The van der Waals surface area contributed by atoms with Crippen molar-refractivity contribution in [1.29, 1.82) is 0 Å². The van der Waals surface area contributed by atoms with Gasteiger partial charge in [-0.2, -0.15) is 0 Å². The molecule has 0 aromatic heterocycles. The topological polar surface area (TPSA) is 0 Å². The van der Waals surface area contributed by atoms with Crippen molar-refractivity contribution < 1.29 is 0 Å². The Bertz CT molecular complexity index is 4280. The van der Waals surface area contributed by atoms with E-state index in [2.05, 4.69) is 270 Å². The fraction of sp³-hybridized carbons (Fsp3) is 0.0811. The Kier molecular flexibility index (Phi) is 9.16. The maximum Gasteiger partial charge on any atom is 0.0159 e. The molecule has 0 aliphatic heterocycles. The molecule has 0 unspecified atom stereocenters. The first kappa shape index (κ1) is 42.8. The van der Waals surface area contributed by atoms with Crippen LogP contribution in [0.25, 0.3) is 133 Å². The molecular weight excluding hydrogens is 889 g/mol. The molecule has 0 saturated carbocycles. The third-order valence-electron chi connectivity index (χ3n) is 17.3. The van der Waals surface area contributed by atoms with E-state index in [0.29, 0.717) is 0 Å². The zero-order chi connectivity index (χ0) is 49.5. The number of hydrogen-bond donors (Lipinski definition) is 0. The van der Waals surface area contributed by atoms with Gasteiger partial charge in [-0.25, -0.2) is 0 Å². The van der Waals surface area contributed by atoms with Crippen LogP contribution in [0.5, 0.6) is 0 Å². The summed E-state index contributed by atoms with van der Waals surface area (Å²) in [5.74, 6) is 0. The summed E-state index contributed by atoms with van der Waals surface area (Å²) in [4.78, 5) is 0. The molecule has 3 aliphatic carbocycles. The summed E-state index contributed by atoms with van der Waals surface area (Å²) in [6.45, 7) is 9.60. The molecule has 15 rings (SSSR count). The van der Waals surface area contributed by atoms with Crippen molar-refractivity contribution in [2.75, 3.05) is 0 Å². The Labute approximate surface area is 433 Å². The first-order chi connectivity index (χ1) is 36.2. The molecule has 12 aromatic rings. The lowest BCUT2D eigenvalue weighted by Crippen LogP contribution is -2.15. The molecule has 12 aromatic carbocycles. The van der Waals surface area contributed by atoms with Gasteiger partial charge in [0.05, 0.1) is 0 Å². The zero-order valence-corrected chi connectivity index (χ0v) is 42.1. The second-order valence-electron chi connectivity index (χ2n) is 22.0. The van der Waals surface area contributed by atoms with Crippen molar-refractivity contribution in [3.63, 3.8) is 0 Å². The van der Waals surface area contributed by atoms with E-state index in [1.165, 1.54) is 155 Å². The fourth-order valence-electron chi connectivity index (χ4n) is 13.3. The quantitative estimate of drug-likeness (QED) is 0.156. The Hall–Kier alpha value is -8.84. The maximum absolute atomic E-state index is 2.47. The smallest absolute Gasteiger partial charge is 0.0159 e. The Morgan fingerprint density at radius 2 is 0.486 bits per heavy atom. The Morgan fingerprint density at radius 3 is 0.973 bits per heavy atom. The van der Waals surface area contributed by atoms with Crippen molar-refractivity contribution in [2.24, 2.45) is 0 Å². The first-order valence-electron chi connectivity index (χ1n) is 26.2. The van der Waals surface area contributed by atoms with Crippen molar-refractivity contribution in [3.8, 4) is 111 Å². The van der Waals surface area contributed by atoms with Gasteiger partial charge in [-0.1, -0.05) is 246 Å². The van der Waals surface area contributed by atoms with Crippen LogP contribution in [0.4, 0.5) is 0 Å². The van der Waals surface area contributed by atoms with Crippen LogP contribution in [0, 0.1) is 0 Å². The molecular formula is C74H52. The van der Waals surface area contributed by atoms with Crippen LogP contribution in [-0.4, -0.2) is 0 Å². The summed E-state index contributed by atoms with van der Waals surface area (Å²) in [5.41, 5.74) is 31.0. The average molecular weight is 941 g/mol. The van der Waals surface area contributed by atoms with Crippen LogP contribution in [0.2, 0.25) is 0 Å². The maximum atomic E-state index is 2.47. The highest BCUT2D eigenvalue weighted by Crippen LogP contribution is 2.54. The lowest BCUT2D eigenvalue weighted by molar-refractivity contribution is 0.660. The summed E-state index contributed by atoms with van der Waals surface area (Å²) in [6, 6.07) is 91.3. The van der Waals surface area contributed by atoms with Crippen molar-refractivity contribution in [3.05, 3.63) is 265 Å². The van der Waals surface area contributed by atoms with Crippen LogP contribution in [0.3, 0.4) is 0 Å². The molecule has 0 atom stereocenters. The summed E-state index contributed by atoms with van der Waals surface area (Å²) in [5, 5.41) is 5.24. The van der Waals surface area contributed by atoms with Crippen LogP contribution in [0.1, 0.15) is 49.9 Å². The molecule has 0 heterocycles. The van der Waals surface area contributed by atoms with Crippen LogP contribution in [-0.2, 0) is 10.8 Å². The monoisotopic (exact) mass is 940 g/mol. The normalized spacial score (nSPS) is 13.9. The fourth-order valence-corrected chi connectivity index (χ4v) is 13.3. The van der Waals surface area contributed by atoms with Gasteiger partial charge in [-0.05, 0) is 179 Å². The van der Waals surface area contributed by atoms with E-state index < -0.39 is 0 Å². The molecule has 0 bridgehead atoms. The van der Waals surface area contributed by atoms with Crippen LogP contribution < -0.4 is 0 Å². The molecule has 74 heavy (non-hydrogen) atoms. The van der Waals surface area contributed by atoms with Crippen LogP contribution in [0.15, 0.2) is 243 Å². The third kappa shape index (κ3) is 6.34. The summed E-state index contributed by atoms with van der Waals surface area (Å²) in [7, 11) is 0. The lowest BCUT2D eigenvalue weighted by atomic mass is 9.79. The van der Waals surface area contributed by atoms with E-state index in [1.807, 2.05) is 0 Å². The van der Waals surface area contributed by atoms with Crippen molar-refractivity contribution in [1.82, 2.24) is 0 Å². The number of benzene rings is 12. The Morgan fingerprint density at radius 1 is 0.203 bits per heavy atom. The van der Waals surface area contributed by atoms with E-state index >= 15 is 0 Å². The molecule has 348 valence electrons. The predicted molar refractivity (Wildman–Crippen MR) is 314 cm³/mol. The van der Waals surface area contributed by atoms with E-state index in [9.17, 15) is 0 Å². The standard InChI is InChI=1S/C74H52/c1-73(2)68-41-52(47-21-19-45(20-22-47)46-23-27-51(28-24-46)58-39-40-67-60-15-8-7-14-59(60)66-18-10-17-65(58)72(66)67)31-35-61(68)63-37-33-54(43-70(63)73)55-34-38-64-62-36-32-53(42-69(62)74(3,4)71(64)44-55)48-25-29-50(30-26-48)57-16-9-12-49-11-5-6-13-56(49)57/h5-44H,1-4H3. The second kappa shape index (κ2) is 15.8. The highest BCUT2D eigenvalue weighted by molar-refractivity contribution is 6.18. The number of rotatable bonds is 6. The van der Waals surface area contributed by atoms with Gasteiger partial charge < -0.3 is 0 Å². The van der Waals surface area contributed by atoms with Gasteiger partial charge in [0, 0.05) is 10.8 Å². The molecule has 3 aliphatic rings. The van der Waals surface area contributed by atoms with Crippen molar-refractivity contribution >= 4 is 21.5 Å². The lowest BCUT2D eigenvalue weighted by Gasteiger charge is -2.24. The minimum atomic E-state index is -0.150. The molecule has 0 nitrogen and oxygen atoms in total. The van der Waals surface area contributed by atoms with E-state index in [1.54, 1.807) is 0 Å². The van der Waals surface area contributed by atoms with Gasteiger partial charge in [-0.3, -0.25) is 0 Å². The molecule has 0 amide bonds. The number of fused-ring (bicyclic) bond motifs is 10. The minimum Gasteiger partial charge on any atom is -0.0616 e. The first-order valence-corrected chi connectivity index (χ1v) is 26.2. The molecule has 0 saturated heterocycles. The van der Waals surface area contributed by atoms with E-state index in [4.69, 9.17) is 0 Å². The van der Waals surface area contributed by atoms with Gasteiger partial charge in [-0.15, -0.1) is 0 Å². The van der Waals surface area contributed by atoms with Gasteiger partial charge in [0.15, 0.2) is 0 Å². The Balaban J connectivity index is 0.673. The van der Waals surface area contributed by atoms with Gasteiger partial charge >= 0.3 is 0 Å². The summed E-state index contributed by atoms with van der Waals surface area (Å²) >= 11 is 0.